The van der Waals surface area contributed by atoms with Crippen molar-refractivity contribution in [2.45, 2.75) is 26.3 Å². The van der Waals surface area contributed by atoms with Gasteiger partial charge in [0.1, 0.15) is 5.82 Å². The minimum atomic E-state index is -0.359. The molecule has 126 valence electrons. The summed E-state index contributed by atoms with van der Waals surface area (Å²) in [7, 11) is 0. The number of rotatable bonds is 7. The monoisotopic (exact) mass is 328 g/mol. The molecule has 0 saturated carbocycles. The molecule has 0 fully saturated rings. The predicted molar refractivity (Wildman–Crippen MR) is 91.3 cm³/mol. The van der Waals surface area contributed by atoms with Gasteiger partial charge in [-0.15, -0.1) is 0 Å². The molecule has 0 aliphatic heterocycles. The second-order valence-electron chi connectivity index (χ2n) is 5.46. The quantitative estimate of drug-likeness (QED) is 0.766. The molecule has 4 nitrogen and oxygen atoms in total. The van der Waals surface area contributed by atoms with Crippen LogP contribution in [-0.2, 0) is 6.54 Å². The van der Waals surface area contributed by atoms with Gasteiger partial charge in [0.2, 0.25) is 0 Å². The van der Waals surface area contributed by atoms with Crippen LogP contribution in [0.3, 0.4) is 0 Å². The van der Waals surface area contributed by atoms with Gasteiger partial charge in [-0.3, -0.25) is 9.59 Å². The van der Waals surface area contributed by atoms with Crippen molar-refractivity contribution >= 4 is 11.8 Å². The minimum Gasteiger partial charge on any atom is -0.352 e. The molecule has 0 bridgehead atoms. The van der Waals surface area contributed by atoms with Gasteiger partial charge in [-0.25, -0.2) is 4.39 Å². The molecule has 0 aliphatic rings. The van der Waals surface area contributed by atoms with Crippen LogP contribution < -0.4 is 10.6 Å². The Balaban J connectivity index is 1.98. The predicted octanol–water partition coefficient (Wildman–Crippen LogP) is 3.29. The number of carbonyl (C=O) groups is 2. The average molecular weight is 328 g/mol. The first-order valence-corrected chi connectivity index (χ1v) is 8.01. The van der Waals surface area contributed by atoms with Gasteiger partial charge in [0, 0.05) is 29.8 Å². The molecule has 2 aromatic carbocycles. The summed E-state index contributed by atoms with van der Waals surface area (Å²) in [5, 5.41) is 5.47. The van der Waals surface area contributed by atoms with E-state index in [1.165, 1.54) is 12.1 Å². The van der Waals surface area contributed by atoms with Gasteiger partial charge in [-0.2, -0.15) is 0 Å². The van der Waals surface area contributed by atoms with Crippen LogP contribution in [-0.4, -0.2) is 18.4 Å². The number of unbranched alkanes of at least 4 members (excludes halogenated alkanes) is 1. The third-order valence-electron chi connectivity index (χ3n) is 3.60. The molecular formula is C19H21FN2O2. The number of nitrogens with one attached hydrogen (secondary N) is 2. The zero-order valence-corrected chi connectivity index (χ0v) is 13.6. The number of hydrogen-bond acceptors (Lipinski definition) is 2. The molecule has 0 aromatic heterocycles. The van der Waals surface area contributed by atoms with Crippen LogP contribution in [0.15, 0.2) is 48.5 Å². The number of hydrogen-bond donors (Lipinski definition) is 2. The second kappa shape index (κ2) is 8.82. The lowest BCUT2D eigenvalue weighted by Crippen LogP contribution is -2.26. The molecule has 0 spiro atoms. The van der Waals surface area contributed by atoms with Gasteiger partial charge in [-0.1, -0.05) is 37.6 Å². The van der Waals surface area contributed by atoms with Crippen LogP contribution in [0.5, 0.6) is 0 Å². The molecule has 0 heterocycles. The van der Waals surface area contributed by atoms with Crippen molar-refractivity contribution < 1.29 is 14.0 Å². The van der Waals surface area contributed by atoms with Crippen molar-refractivity contribution in [1.29, 1.82) is 0 Å². The smallest absolute Gasteiger partial charge is 0.251 e. The third kappa shape index (κ3) is 4.91. The lowest BCUT2D eigenvalue weighted by atomic mass is 10.1. The molecule has 0 unspecified atom stereocenters. The third-order valence-corrected chi connectivity index (χ3v) is 3.60. The van der Waals surface area contributed by atoms with Gasteiger partial charge in [0.25, 0.3) is 11.8 Å². The molecule has 0 aliphatic carbocycles. The lowest BCUT2D eigenvalue weighted by Gasteiger charge is -2.08. The van der Waals surface area contributed by atoms with E-state index in [2.05, 4.69) is 10.6 Å². The molecule has 2 N–H and O–H groups in total. The summed E-state index contributed by atoms with van der Waals surface area (Å²) >= 11 is 0. The lowest BCUT2D eigenvalue weighted by molar-refractivity contribution is 0.0950. The standard InChI is InChI=1S/C19H21FN2O2/c1-2-3-11-21-18(23)14-8-6-9-15(12-14)19(24)22-13-16-7-4-5-10-17(16)20/h4-10,12H,2-3,11,13H2,1H3,(H,21,23)(H,22,24). The fourth-order valence-corrected chi connectivity index (χ4v) is 2.20. The zero-order valence-electron chi connectivity index (χ0n) is 13.6. The molecule has 0 atom stereocenters. The second-order valence-corrected chi connectivity index (χ2v) is 5.46. The van der Waals surface area contributed by atoms with Crippen molar-refractivity contribution in [2.24, 2.45) is 0 Å². The van der Waals surface area contributed by atoms with Crippen molar-refractivity contribution in [3.63, 3.8) is 0 Å². The van der Waals surface area contributed by atoms with Crippen LogP contribution in [0.4, 0.5) is 4.39 Å². The van der Waals surface area contributed by atoms with Crippen molar-refractivity contribution in [1.82, 2.24) is 10.6 Å². The van der Waals surface area contributed by atoms with Gasteiger partial charge < -0.3 is 10.6 Å². The Bertz CT molecular complexity index is 716. The molecule has 2 aromatic rings. The van der Waals surface area contributed by atoms with E-state index < -0.39 is 0 Å². The molecule has 2 amide bonds. The van der Waals surface area contributed by atoms with Crippen molar-refractivity contribution in [2.75, 3.05) is 6.54 Å². The molecule has 24 heavy (non-hydrogen) atoms. The topological polar surface area (TPSA) is 58.2 Å². The van der Waals surface area contributed by atoms with E-state index in [0.29, 0.717) is 23.2 Å². The molecule has 0 radical (unpaired) electrons. The minimum absolute atomic E-state index is 0.0957. The Morgan fingerprint density at radius 3 is 2.29 bits per heavy atom. The largest absolute Gasteiger partial charge is 0.352 e. The highest BCUT2D eigenvalue weighted by atomic mass is 19.1. The van der Waals surface area contributed by atoms with Gasteiger partial charge in [0.15, 0.2) is 0 Å². The van der Waals surface area contributed by atoms with Crippen LogP contribution in [0.2, 0.25) is 0 Å². The van der Waals surface area contributed by atoms with E-state index in [1.54, 1.807) is 36.4 Å². The highest BCUT2D eigenvalue weighted by molar-refractivity contribution is 5.99. The number of amides is 2. The van der Waals surface area contributed by atoms with Gasteiger partial charge in [0.05, 0.1) is 0 Å². The summed E-state index contributed by atoms with van der Waals surface area (Å²) in [6.45, 7) is 2.75. The summed E-state index contributed by atoms with van der Waals surface area (Å²) in [6, 6.07) is 12.8. The number of carbonyl (C=O) groups excluding carboxylic acids is 2. The maximum absolute atomic E-state index is 13.6. The SMILES string of the molecule is CCCCNC(=O)c1cccc(C(=O)NCc2ccccc2F)c1. The van der Waals surface area contributed by atoms with Crippen LogP contribution in [0.1, 0.15) is 46.0 Å². The summed E-state index contributed by atoms with van der Waals surface area (Å²) < 4.78 is 13.6. The fraction of sp³-hybridized carbons (Fsp3) is 0.263. The van der Waals surface area contributed by atoms with Gasteiger partial charge in [-0.05, 0) is 30.7 Å². The highest BCUT2D eigenvalue weighted by Gasteiger charge is 2.11. The molecule has 5 heteroatoms. The Kier molecular flexibility index (Phi) is 6.49. The first kappa shape index (κ1) is 17.7. The molecule has 0 saturated heterocycles. The summed E-state index contributed by atoms with van der Waals surface area (Å²) in [5.41, 5.74) is 1.22. The average Bonchev–Trinajstić information content (AvgIpc) is 2.61. The summed E-state index contributed by atoms with van der Waals surface area (Å²) in [5.74, 6) is -0.907. The maximum Gasteiger partial charge on any atom is 0.251 e. The highest BCUT2D eigenvalue weighted by Crippen LogP contribution is 2.08. The molecule has 2 rings (SSSR count). The number of benzene rings is 2. The van der Waals surface area contributed by atoms with Crippen LogP contribution in [0.25, 0.3) is 0 Å². The van der Waals surface area contributed by atoms with Crippen LogP contribution in [0, 0.1) is 5.82 Å². The Labute approximate surface area is 141 Å². The Morgan fingerprint density at radius 1 is 0.958 bits per heavy atom. The van der Waals surface area contributed by atoms with Crippen molar-refractivity contribution in [3.8, 4) is 0 Å². The van der Waals surface area contributed by atoms with E-state index in [0.717, 1.165) is 12.8 Å². The first-order chi connectivity index (χ1) is 11.6. The van der Waals surface area contributed by atoms with E-state index >= 15 is 0 Å². The van der Waals surface area contributed by atoms with E-state index in [4.69, 9.17) is 0 Å². The Morgan fingerprint density at radius 2 is 1.62 bits per heavy atom. The molecular weight excluding hydrogens is 307 g/mol. The summed E-state index contributed by atoms with van der Waals surface area (Å²) in [6.07, 6.45) is 1.91. The normalized spacial score (nSPS) is 10.2. The van der Waals surface area contributed by atoms with E-state index in [9.17, 15) is 14.0 Å². The van der Waals surface area contributed by atoms with E-state index in [-0.39, 0.29) is 24.2 Å². The number of halogens is 1. The zero-order chi connectivity index (χ0) is 17.4. The van der Waals surface area contributed by atoms with Crippen LogP contribution >= 0.6 is 0 Å². The Hall–Kier alpha value is -2.69. The van der Waals surface area contributed by atoms with Gasteiger partial charge >= 0.3 is 0 Å². The fourth-order valence-electron chi connectivity index (χ4n) is 2.20. The van der Waals surface area contributed by atoms with E-state index in [1.807, 2.05) is 6.92 Å². The first-order valence-electron chi connectivity index (χ1n) is 8.01. The maximum atomic E-state index is 13.6. The summed E-state index contributed by atoms with van der Waals surface area (Å²) in [4.78, 5) is 24.2. The van der Waals surface area contributed by atoms with Crippen molar-refractivity contribution in [3.05, 3.63) is 71.0 Å².